The highest BCUT2D eigenvalue weighted by molar-refractivity contribution is 5.77. The second-order valence-electron chi connectivity index (χ2n) is 4.34. The number of halogens is 2. The van der Waals surface area contributed by atoms with E-state index in [0.29, 0.717) is 12.0 Å². The van der Waals surface area contributed by atoms with E-state index in [4.69, 9.17) is 16.9 Å². The van der Waals surface area contributed by atoms with Crippen LogP contribution in [0.25, 0.3) is 0 Å². The Morgan fingerprint density at radius 1 is 1.50 bits per heavy atom. The topological polar surface area (TPSA) is 64.3 Å². The van der Waals surface area contributed by atoms with Gasteiger partial charge < -0.3 is 15.8 Å². The van der Waals surface area contributed by atoms with E-state index < -0.39 is 29.9 Å². The fourth-order valence-electron chi connectivity index (χ4n) is 1.58. The molecule has 1 aromatic carbocycles. The normalized spacial score (nSPS) is 11.6. The zero-order chi connectivity index (χ0) is 15.1. The van der Waals surface area contributed by atoms with Gasteiger partial charge in [0, 0.05) is 6.04 Å². The minimum Gasteiger partial charge on any atom is -0.478 e. The van der Waals surface area contributed by atoms with Crippen LogP contribution in [0.4, 0.5) is 8.78 Å². The average molecular weight is 282 g/mol. The third-order valence-corrected chi connectivity index (χ3v) is 2.35. The van der Waals surface area contributed by atoms with Gasteiger partial charge in [-0.05, 0) is 31.0 Å². The Bertz CT molecular complexity index is 501. The molecule has 0 aliphatic carbocycles. The largest absolute Gasteiger partial charge is 0.478 e. The van der Waals surface area contributed by atoms with Gasteiger partial charge in [-0.25, -0.2) is 8.78 Å². The van der Waals surface area contributed by atoms with Gasteiger partial charge in [-0.1, -0.05) is 5.92 Å². The molecule has 1 unspecified atom stereocenters. The lowest BCUT2D eigenvalue weighted by Gasteiger charge is -2.11. The quantitative estimate of drug-likeness (QED) is 0.765. The predicted octanol–water partition coefficient (Wildman–Crippen LogP) is 0.983. The van der Waals surface area contributed by atoms with E-state index in [1.807, 2.05) is 0 Å². The Balaban J connectivity index is 2.72. The van der Waals surface area contributed by atoms with Crippen LogP contribution in [0, 0.1) is 24.0 Å². The molecule has 0 heterocycles. The fraction of sp³-hybridized carbons (Fsp3) is 0.357. The Kier molecular flexibility index (Phi) is 5.94. The molecule has 1 amide bonds. The first-order valence-electron chi connectivity index (χ1n) is 6.00. The number of benzene rings is 1. The Morgan fingerprint density at radius 3 is 2.60 bits per heavy atom. The van der Waals surface area contributed by atoms with Crippen LogP contribution in [0.5, 0.6) is 5.75 Å². The standard InChI is InChI=1S/C14H16F2N2O2/c1-3-4-18-13(19)8-20-14-11(15)6-10(5-9(2)17)7-12(14)16/h1,6-7,9H,4-5,8,17H2,2H3,(H,18,19). The molecular formula is C14H16F2N2O2. The summed E-state index contributed by atoms with van der Waals surface area (Å²) in [5.74, 6) is -0.685. The summed E-state index contributed by atoms with van der Waals surface area (Å²) in [6, 6.07) is 2.07. The minimum absolute atomic E-state index is 0.0283. The maximum absolute atomic E-state index is 13.7. The smallest absolute Gasteiger partial charge is 0.258 e. The van der Waals surface area contributed by atoms with E-state index in [1.165, 1.54) is 0 Å². The molecule has 0 saturated carbocycles. The Hall–Kier alpha value is -2.13. The van der Waals surface area contributed by atoms with Crippen molar-refractivity contribution in [1.29, 1.82) is 0 Å². The van der Waals surface area contributed by atoms with Crippen molar-refractivity contribution in [3.8, 4) is 18.1 Å². The molecule has 0 aliphatic heterocycles. The number of nitrogens with one attached hydrogen (secondary N) is 1. The number of ether oxygens (including phenoxy) is 1. The van der Waals surface area contributed by atoms with E-state index >= 15 is 0 Å². The van der Waals surface area contributed by atoms with Crippen molar-refractivity contribution in [2.45, 2.75) is 19.4 Å². The molecule has 1 atom stereocenters. The average Bonchev–Trinajstić information content (AvgIpc) is 2.34. The maximum Gasteiger partial charge on any atom is 0.258 e. The van der Waals surface area contributed by atoms with Gasteiger partial charge >= 0.3 is 0 Å². The molecule has 4 nitrogen and oxygen atoms in total. The van der Waals surface area contributed by atoms with Gasteiger partial charge in [0.25, 0.3) is 5.91 Å². The number of carbonyl (C=O) groups excluding carboxylic acids is 1. The molecule has 3 N–H and O–H groups in total. The highest BCUT2D eigenvalue weighted by Crippen LogP contribution is 2.23. The number of carbonyl (C=O) groups is 1. The fourth-order valence-corrected chi connectivity index (χ4v) is 1.58. The van der Waals surface area contributed by atoms with Crippen molar-refractivity contribution in [1.82, 2.24) is 5.32 Å². The maximum atomic E-state index is 13.7. The lowest BCUT2D eigenvalue weighted by molar-refractivity contribution is -0.122. The van der Waals surface area contributed by atoms with Crippen LogP contribution >= 0.6 is 0 Å². The van der Waals surface area contributed by atoms with Gasteiger partial charge in [-0.3, -0.25) is 4.79 Å². The zero-order valence-electron chi connectivity index (χ0n) is 11.1. The summed E-state index contributed by atoms with van der Waals surface area (Å²) in [7, 11) is 0. The van der Waals surface area contributed by atoms with Crippen LogP contribution in [-0.2, 0) is 11.2 Å². The number of hydrogen-bond acceptors (Lipinski definition) is 3. The number of nitrogens with two attached hydrogens (primary N) is 1. The van der Waals surface area contributed by atoms with E-state index in [1.54, 1.807) is 6.92 Å². The summed E-state index contributed by atoms with van der Waals surface area (Å²) in [6.45, 7) is 1.25. The highest BCUT2D eigenvalue weighted by atomic mass is 19.1. The third-order valence-electron chi connectivity index (χ3n) is 2.35. The van der Waals surface area contributed by atoms with E-state index in [2.05, 4.69) is 11.2 Å². The monoisotopic (exact) mass is 282 g/mol. The molecule has 1 aromatic rings. The third kappa shape index (κ3) is 4.86. The van der Waals surface area contributed by atoms with Crippen LogP contribution in [0.1, 0.15) is 12.5 Å². The first-order chi connectivity index (χ1) is 9.43. The number of rotatable bonds is 6. The van der Waals surface area contributed by atoms with Crippen LogP contribution in [0.15, 0.2) is 12.1 Å². The molecule has 6 heteroatoms. The summed E-state index contributed by atoms with van der Waals surface area (Å²) >= 11 is 0. The van der Waals surface area contributed by atoms with Crippen molar-refractivity contribution in [2.24, 2.45) is 5.73 Å². The van der Waals surface area contributed by atoms with Gasteiger partial charge in [-0.2, -0.15) is 0 Å². The molecule has 1 rings (SSSR count). The van der Waals surface area contributed by atoms with E-state index in [0.717, 1.165) is 12.1 Å². The van der Waals surface area contributed by atoms with Crippen LogP contribution in [0.3, 0.4) is 0 Å². The van der Waals surface area contributed by atoms with Gasteiger partial charge in [0.05, 0.1) is 6.54 Å². The second kappa shape index (κ2) is 7.46. The molecule has 0 saturated heterocycles. The summed E-state index contributed by atoms with van der Waals surface area (Å²) in [5.41, 5.74) is 5.99. The summed E-state index contributed by atoms with van der Waals surface area (Å²) in [6.07, 6.45) is 5.30. The second-order valence-corrected chi connectivity index (χ2v) is 4.34. The SMILES string of the molecule is C#CCNC(=O)COc1c(F)cc(CC(C)N)cc1F. The van der Waals surface area contributed by atoms with Crippen LogP contribution in [0.2, 0.25) is 0 Å². The number of terminal acetylenes is 1. The molecule has 0 fully saturated rings. The molecule has 20 heavy (non-hydrogen) atoms. The molecule has 0 aliphatic rings. The van der Waals surface area contributed by atoms with Gasteiger partial charge in [-0.15, -0.1) is 6.42 Å². The predicted molar refractivity (Wildman–Crippen MR) is 71.0 cm³/mol. The molecular weight excluding hydrogens is 266 g/mol. The van der Waals surface area contributed by atoms with E-state index in [9.17, 15) is 13.6 Å². The van der Waals surface area contributed by atoms with Crippen molar-refractivity contribution in [3.63, 3.8) is 0 Å². The molecule has 0 bridgehead atoms. The molecule has 108 valence electrons. The number of amides is 1. The van der Waals surface area contributed by atoms with Crippen LogP contribution < -0.4 is 15.8 Å². The Labute approximate surface area is 116 Å². The van der Waals surface area contributed by atoms with E-state index in [-0.39, 0.29) is 12.6 Å². The minimum atomic E-state index is -0.870. The summed E-state index contributed by atoms with van der Waals surface area (Å²) < 4.78 is 32.2. The molecule has 0 radical (unpaired) electrons. The van der Waals surface area contributed by atoms with Crippen molar-refractivity contribution >= 4 is 5.91 Å². The van der Waals surface area contributed by atoms with Crippen molar-refractivity contribution in [2.75, 3.05) is 13.2 Å². The summed E-state index contributed by atoms with van der Waals surface area (Å²) in [5, 5.41) is 2.32. The first kappa shape index (κ1) is 15.9. The Morgan fingerprint density at radius 2 is 2.10 bits per heavy atom. The number of hydrogen-bond donors (Lipinski definition) is 2. The zero-order valence-corrected chi connectivity index (χ0v) is 11.1. The van der Waals surface area contributed by atoms with Crippen LogP contribution in [-0.4, -0.2) is 25.1 Å². The lowest BCUT2D eigenvalue weighted by Crippen LogP contribution is -2.29. The molecule has 0 spiro atoms. The first-order valence-corrected chi connectivity index (χ1v) is 6.00. The van der Waals surface area contributed by atoms with Gasteiger partial charge in [0.1, 0.15) is 0 Å². The van der Waals surface area contributed by atoms with Crippen molar-refractivity contribution < 1.29 is 18.3 Å². The lowest BCUT2D eigenvalue weighted by atomic mass is 10.1. The van der Waals surface area contributed by atoms with Gasteiger partial charge in [0.15, 0.2) is 24.0 Å². The summed E-state index contributed by atoms with van der Waals surface area (Å²) in [4.78, 5) is 11.2. The van der Waals surface area contributed by atoms with Gasteiger partial charge in [0.2, 0.25) is 0 Å². The molecule has 0 aromatic heterocycles. The van der Waals surface area contributed by atoms with Crippen molar-refractivity contribution in [3.05, 3.63) is 29.3 Å². The highest BCUT2D eigenvalue weighted by Gasteiger charge is 2.14.